The molecule has 0 radical (unpaired) electrons. The van der Waals surface area contributed by atoms with E-state index in [1.807, 2.05) is 0 Å². The Bertz CT molecular complexity index is 420. The maximum Gasteiger partial charge on any atom is 0.418 e. The second kappa shape index (κ2) is 6.06. The summed E-state index contributed by atoms with van der Waals surface area (Å²) in [5, 5.41) is 8.52. The fraction of sp³-hybridized carbons (Fsp3) is 0.364. The third-order valence-electron chi connectivity index (χ3n) is 2.05. The molecule has 0 aliphatic carbocycles. The third-order valence-corrected chi connectivity index (χ3v) is 2.28. The summed E-state index contributed by atoms with van der Waals surface area (Å²) in [4.78, 5) is 10.2. The van der Waals surface area contributed by atoms with Crippen LogP contribution in [0.4, 0.5) is 13.2 Å². The molecule has 0 heterocycles. The van der Waals surface area contributed by atoms with Crippen molar-refractivity contribution in [2.75, 3.05) is 6.61 Å². The van der Waals surface area contributed by atoms with E-state index in [0.29, 0.717) is 0 Å². The van der Waals surface area contributed by atoms with Crippen molar-refractivity contribution >= 4 is 17.6 Å². The summed E-state index contributed by atoms with van der Waals surface area (Å²) in [6.45, 7) is -0.522. The summed E-state index contributed by atoms with van der Waals surface area (Å²) >= 11 is 5.61. The highest BCUT2D eigenvalue weighted by atomic mass is 35.5. The molecule has 18 heavy (non-hydrogen) atoms. The van der Waals surface area contributed by atoms with Crippen molar-refractivity contribution in [3.8, 4) is 0 Å². The van der Waals surface area contributed by atoms with Crippen LogP contribution in [0.5, 0.6) is 0 Å². The van der Waals surface area contributed by atoms with Crippen molar-refractivity contribution in [3.63, 3.8) is 0 Å². The average Bonchev–Trinajstić information content (AvgIpc) is 2.22. The van der Waals surface area contributed by atoms with Crippen LogP contribution in [0.25, 0.3) is 0 Å². The lowest BCUT2D eigenvalue weighted by molar-refractivity contribution is -0.224. The smallest absolute Gasteiger partial charge is 0.418 e. The minimum Gasteiger partial charge on any atom is -0.481 e. The summed E-state index contributed by atoms with van der Waals surface area (Å²) in [6, 6.07) is 5.18. The molecule has 1 N–H and O–H groups in total. The second-order valence-electron chi connectivity index (χ2n) is 3.49. The Hall–Kier alpha value is -1.27. The van der Waals surface area contributed by atoms with Gasteiger partial charge in [-0.2, -0.15) is 13.2 Å². The molecule has 1 aromatic carbocycles. The summed E-state index contributed by atoms with van der Waals surface area (Å²) in [5.74, 6) is -1.22. The SMILES string of the molecule is O=C(O)CCO[C@@H](c1cccc(Cl)c1)C(F)(F)F. The summed E-state index contributed by atoms with van der Waals surface area (Å²) in [7, 11) is 0. The molecule has 1 atom stereocenters. The average molecular weight is 283 g/mol. The number of carbonyl (C=O) groups is 1. The quantitative estimate of drug-likeness (QED) is 0.900. The highest BCUT2D eigenvalue weighted by Crippen LogP contribution is 2.36. The molecule has 0 unspecified atom stereocenters. The number of aliphatic carboxylic acids is 1. The molecule has 1 rings (SSSR count). The minimum atomic E-state index is -4.62. The largest absolute Gasteiger partial charge is 0.481 e. The monoisotopic (exact) mass is 282 g/mol. The van der Waals surface area contributed by atoms with E-state index < -0.39 is 31.3 Å². The molecule has 7 heteroatoms. The number of benzene rings is 1. The number of hydrogen-bond acceptors (Lipinski definition) is 2. The number of carboxylic acid groups (broad SMARTS) is 1. The van der Waals surface area contributed by atoms with E-state index in [1.54, 1.807) is 0 Å². The van der Waals surface area contributed by atoms with Gasteiger partial charge in [-0.05, 0) is 17.7 Å². The first-order valence-electron chi connectivity index (χ1n) is 4.96. The molecule has 0 aliphatic heterocycles. The zero-order valence-electron chi connectivity index (χ0n) is 9.08. The number of hydrogen-bond donors (Lipinski definition) is 1. The highest BCUT2D eigenvalue weighted by molar-refractivity contribution is 6.30. The van der Waals surface area contributed by atoms with Crippen LogP contribution in [0.3, 0.4) is 0 Å². The third kappa shape index (κ3) is 4.54. The lowest BCUT2D eigenvalue weighted by Gasteiger charge is -2.21. The second-order valence-corrected chi connectivity index (χ2v) is 3.93. The van der Waals surface area contributed by atoms with Gasteiger partial charge in [0.1, 0.15) is 0 Å². The summed E-state index contributed by atoms with van der Waals surface area (Å²) in [6.07, 6.45) is -7.29. The van der Waals surface area contributed by atoms with Gasteiger partial charge in [-0.1, -0.05) is 23.7 Å². The number of halogens is 4. The van der Waals surface area contributed by atoms with E-state index in [0.717, 1.165) is 6.07 Å². The molecule has 0 bridgehead atoms. The molecule has 0 spiro atoms. The first-order valence-corrected chi connectivity index (χ1v) is 5.34. The van der Waals surface area contributed by atoms with E-state index in [9.17, 15) is 18.0 Å². The zero-order chi connectivity index (χ0) is 13.8. The van der Waals surface area contributed by atoms with E-state index in [-0.39, 0.29) is 10.6 Å². The predicted molar refractivity (Wildman–Crippen MR) is 58.5 cm³/mol. The summed E-state index contributed by atoms with van der Waals surface area (Å²) in [5.41, 5.74) is -0.152. The highest BCUT2D eigenvalue weighted by Gasteiger charge is 2.41. The molecule has 100 valence electrons. The van der Waals surface area contributed by atoms with Crippen molar-refractivity contribution in [1.82, 2.24) is 0 Å². The van der Waals surface area contributed by atoms with E-state index in [4.69, 9.17) is 16.7 Å². The standard InChI is InChI=1S/C11H10ClF3O3/c12-8-3-1-2-7(6-8)10(11(13,14)15)18-5-4-9(16)17/h1-3,6,10H,4-5H2,(H,16,17)/t10-/m0/s1. The fourth-order valence-corrected chi connectivity index (χ4v) is 1.51. The Balaban J connectivity index is 2.82. The Kier molecular flexibility index (Phi) is 4.98. The molecule has 0 amide bonds. The van der Waals surface area contributed by atoms with Crippen LogP contribution < -0.4 is 0 Å². The first kappa shape index (κ1) is 14.8. The van der Waals surface area contributed by atoms with Gasteiger partial charge < -0.3 is 9.84 Å². The normalized spacial score (nSPS) is 13.3. The van der Waals surface area contributed by atoms with Gasteiger partial charge >= 0.3 is 12.1 Å². The number of alkyl halides is 3. The van der Waals surface area contributed by atoms with E-state index >= 15 is 0 Å². The molecular weight excluding hydrogens is 273 g/mol. The fourth-order valence-electron chi connectivity index (χ4n) is 1.31. The minimum absolute atomic E-state index is 0.152. The maximum absolute atomic E-state index is 12.7. The van der Waals surface area contributed by atoms with Crippen LogP contribution >= 0.6 is 11.6 Å². The van der Waals surface area contributed by atoms with Crippen LogP contribution in [0.1, 0.15) is 18.1 Å². The van der Waals surface area contributed by atoms with Crippen LogP contribution in [-0.2, 0) is 9.53 Å². The molecule has 0 aromatic heterocycles. The van der Waals surface area contributed by atoms with Gasteiger partial charge in [-0.15, -0.1) is 0 Å². The van der Waals surface area contributed by atoms with E-state index in [2.05, 4.69) is 4.74 Å². The van der Waals surface area contributed by atoms with Crippen molar-refractivity contribution in [1.29, 1.82) is 0 Å². The van der Waals surface area contributed by atoms with Crippen molar-refractivity contribution in [2.45, 2.75) is 18.7 Å². The number of carboxylic acids is 1. The Labute approximate surface area is 106 Å². The molecule has 0 saturated carbocycles. The summed E-state index contributed by atoms with van der Waals surface area (Å²) < 4.78 is 42.8. The van der Waals surface area contributed by atoms with Gasteiger partial charge in [0.05, 0.1) is 13.0 Å². The van der Waals surface area contributed by atoms with Crippen molar-refractivity contribution in [2.24, 2.45) is 0 Å². The Morgan fingerprint density at radius 3 is 2.61 bits per heavy atom. The Morgan fingerprint density at radius 1 is 1.44 bits per heavy atom. The topological polar surface area (TPSA) is 46.5 Å². The van der Waals surface area contributed by atoms with Gasteiger partial charge in [0, 0.05) is 5.02 Å². The predicted octanol–water partition coefficient (Wildman–Crippen LogP) is 3.43. The molecule has 1 aromatic rings. The van der Waals surface area contributed by atoms with Gasteiger partial charge in [-0.25, -0.2) is 0 Å². The first-order chi connectivity index (χ1) is 8.30. The van der Waals surface area contributed by atoms with Crippen LogP contribution in [-0.4, -0.2) is 23.9 Å². The number of rotatable bonds is 5. The van der Waals surface area contributed by atoms with Crippen LogP contribution in [0.2, 0.25) is 5.02 Å². The molecule has 0 saturated heterocycles. The zero-order valence-corrected chi connectivity index (χ0v) is 9.83. The molecule has 0 fully saturated rings. The lowest BCUT2D eigenvalue weighted by Crippen LogP contribution is -2.24. The van der Waals surface area contributed by atoms with Crippen molar-refractivity contribution in [3.05, 3.63) is 34.9 Å². The van der Waals surface area contributed by atoms with E-state index in [1.165, 1.54) is 18.2 Å². The number of ether oxygens (including phenoxy) is 1. The van der Waals surface area contributed by atoms with Crippen LogP contribution in [0, 0.1) is 0 Å². The molecule has 0 aliphatic rings. The van der Waals surface area contributed by atoms with Gasteiger partial charge in [0.25, 0.3) is 0 Å². The lowest BCUT2D eigenvalue weighted by atomic mass is 10.1. The van der Waals surface area contributed by atoms with Crippen molar-refractivity contribution < 1.29 is 27.8 Å². The van der Waals surface area contributed by atoms with Gasteiger partial charge in [-0.3, -0.25) is 4.79 Å². The Morgan fingerprint density at radius 2 is 2.11 bits per heavy atom. The molecule has 3 nitrogen and oxygen atoms in total. The maximum atomic E-state index is 12.7. The van der Waals surface area contributed by atoms with Crippen LogP contribution in [0.15, 0.2) is 24.3 Å². The van der Waals surface area contributed by atoms with Gasteiger partial charge in [0.15, 0.2) is 6.10 Å². The molecular formula is C11H10ClF3O3. The van der Waals surface area contributed by atoms with Gasteiger partial charge in [0.2, 0.25) is 0 Å².